The molecular formula is C15H18N6S. The Balaban J connectivity index is 1.97. The molecule has 4 N–H and O–H groups in total. The summed E-state index contributed by atoms with van der Waals surface area (Å²) in [5, 5.41) is 7.29. The number of amidine groups is 1. The van der Waals surface area contributed by atoms with Gasteiger partial charge in [-0.15, -0.1) is 11.3 Å². The number of rotatable bonds is 3. The Morgan fingerprint density at radius 1 is 1.27 bits per heavy atom. The molecule has 0 radical (unpaired) electrons. The Morgan fingerprint density at radius 3 is 2.68 bits per heavy atom. The molecule has 1 aromatic heterocycles. The Morgan fingerprint density at radius 2 is 2.05 bits per heavy atom. The molecule has 2 aromatic rings. The zero-order valence-electron chi connectivity index (χ0n) is 12.4. The van der Waals surface area contributed by atoms with E-state index in [4.69, 9.17) is 5.73 Å². The molecule has 0 aliphatic carbocycles. The second-order valence-corrected chi connectivity index (χ2v) is 6.24. The van der Waals surface area contributed by atoms with Crippen LogP contribution in [0.15, 0.2) is 52.0 Å². The van der Waals surface area contributed by atoms with Crippen molar-refractivity contribution < 1.29 is 0 Å². The van der Waals surface area contributed by atoms with Crippen molar-refractivity contribution in [1.29, 1.82) is 0 Å². The first-order chi connectivity index (χ1) is 10.6. The fraction of sp³-hybridized carbons (Fsp3) is 0.267. The summed E-state index contributed by atoms with van der Waals surface area (Å²) in [6, 6.07) is 9.88. The summed E-state index contributed by atoms with van der Waals surface area (Å²) in [4.78, 5) is 13.1. The van der Waals surface area contributed by atoms with Crippen LogP contribution < -0.4 is 16.4 Å². The van der Waals surface area contributed by atoms with Crippen LogP contribution in [0, 0.1) is 5.92 Å². The Hall–Kier alpha value is -2.25. The predicted molar refractivity (Wildman–Crippen MR) is 91.0 cm³/mol. The van der Waals surface area contributed by atoms with E-state index < -0.39 is 5.79 Å². The monoisotopic (exact) mass is 314 g/mol. The van der Waals surface area contributed by atoms with Gasteiger partial charge >= 0.3 is 0 Å². The fourth-order valence-electron chi connectivity index (χ4n) is 2.00. The number of thiazole rings is 1. The van der Waals surface area contributed by atoms with Gasteiger partial charge in [-0.25, -0.2) is 4.99 Å². The van der Waals surface area contributed by atoms with Crippen LogP contribution >= 0.6 is 11.3 Å². The molecular weight excluding hydrogens is 296 g/mol. The van der Waals surface area contributed by atoms with Crippen LogP contribution in [0.3, 0.4) is 0 Å². The van der Waals surface area contributed by atoms with Gasteiger partial charge < -0.3 is 10.6 Å². The van der Waals surface area contributed by atoms with Gasteiger partial charge in [0.1, 0.15) is 10.8 Å². The predicted octanol–water partition coefficient (Wildman–Crippen LogP) is 2.23. The minimum absolute atomic E-state index is 0.0972. The number of nitrogens with two attached hydrogens (primary N) is 1. The van der Waals surface area contributed by atoms with Crippen molar-refractivity contribution in [3.63, 3.8) is 0 Å². The third-order valence-corrected chi connectivity index (χ3v) is 4.11. The first-order valence-electron chi connectivity index (χ1n) is 7.03. The third kappa shape index (κ3) is 3.00. The van der Waals surface area contributed by atoms with Crippen molar-refractivity contribution >= 4 is 28.1 Å². The van der Waals surface area contributed by atoms with Crippen molar-refractivity contribution in [1.82, 2.24) is 10.3 Å². The standard InChI is InChI=1S/C15H18N6S/c1-10(2)15(16)20-13(11-6-4-3-5-7-11)19-14(21-15)18-12-8-17-9-22-12/h3-10H,16H2,1-2H3,(H2,18,19,20,21). The molecule has 1 aliphatic rings. The summed E-state index contributed by atoms with van der Waals surface area (Å²) in [6.07, 6.45) is 1.74. The highest BCUT2D eigenvalue weighted by Crippen LogP contribution is 2.20. The van der Waals surface area contributed by atoms with Crippen LogP contribution in [0.1, 0.15) is 19.4 Å². The van der Waals surface area contributed by atoms with E-state index in [2.05, 4.69) is 25.6 Å². The lowest BCUT2D eigenvalue weighted by molar-refractivity contribution is 0.295. The average molecular weight is 314 g/mol. The molecule has 1 atom stereocenters. The second kappa shape index (κ2) is 5.86. The maximum absolute atomic E-state index is 6.42. The molecule has 0 bridgehead atoms. The lowest BCUT2D eigenvalue weighted by Crippen LogP contribution is -2.61. The van der Waals surface area contributed by atoms with E-state index in [-0.39, 0.29) is 5.92 Å². The maximum Gasteiger partial charge on any atom is 0.228 e. The van der Waals surface area contributed by atoms with E-state index in [1.165, 1.54) is 11.3 Å². The van der Waals surface area contributed by atoms with Gasteiger partial charge in [-0.05, 0) is 0 Å². The molecule has 0 saturated heterocycles. The first-order valence-corrected chi connectivity index (χ1v) is 7.91. The summed E-state index contributed by atoms with van der Waals surface area (Å²) in [5.41, 5.74) is 9.14. The SMILES string of the molecule is CC(C)C1(N)N=C(Nc2cncs2)N=C(c2ccccc2)N1. The van der Waals surface area contributed by atoms with Gasteiger partial charge in [-0.2, -0.15) is 4.99 Å². The zero-order chi connectivity index (χ0) is 15.6. The van der Waals surface area contributed by atoms with E-state index in [1.54, 1.807) is 11.7 Å². The van der Waals surface area contributed by atoms with Crippen LogP contribution in [-0.4, -0.2) is 22.6 Å². The summed E-state index contributed by atoms with van der Waals surface area (Å²) >= 11 is 1.49. The molecule has 2 heterocycles. The number of nitrogens with one attached hydrogen (secondary N) is 2. The summed E-state index contributed by atoms with van der Waals surface area (Å²) in [6.45, 7) is 4.05. The Labute approximate surface area is 133 Å². The van der Waals surface area contributed by atoms with Crippen molar-refractivity contribution in [2.45, 2.75) is 19.6 Å². The van der Waals surface area contributed by atoms with Gasteiger partial charge in [0, 0.05) is 11.5 Å². The average Bonchev–Trinajstić information content (AvgIpc) is 3.00. The quantitative estimate of drug-likeness (QED) is 0.810. The van der Waals surface area contributed by atoms with Gasteiger partial charge in [0.25, 0.3) is 0 Å². The van der Waals surface area contributed by atoms with Gasteiger partial charge in [-0.3, -0.25) is 10.7 Å². The molecule has 0 amide bonds. The van der Waals surface area contributed by atoms with Crippen LogP contribution in [0.2, 0.25) is 0 Å². The van der Waals surface area contributed by atoms with Gasteiger partial charge in [0.2, 0.25) is 5.96 Å². The molecule has 1 unspecified atom stereocenters. The molecule has 3 rings (SSSR count). The second-order valence-electron chi connectivity index (χ2n) is 5.36. The molecule has 114 valence electrons. The summed E-state index contributed by atoms with van der Waals surface area (Å²) in [5.74, 6) is 0.386. The summed E-state index contributed by atoms with van der Waals surface area (Å²) < 4.78 is 0. The normalized spacial score (nSPS) is 21.1. The highest BCUT2D eigenvalue weighted by molar-refractivity contribution is 7.14. The third-order valence-electron chi connectivity index (χ3n) is 3.42. The van der Waals surface area contributed by atoms with Crippen molar-refractivity contribution in [2.75, 3.05) is 5.32 Å². The van der Waals surface area contributed by atoms with Crippen LogP contribution in [0.25, 0.3) is 0 Å². The number of aromatic nitrogens is 1. The number of guanidine groups is 1. The molecule has 0 spiro atoms. The zero-order valence-corrected chi connectivity index (χ0v) is 13.3. The molecule has 22 heavy (non-hydrogen) atoms. The van der Waals surface area contributed by atoms with Gasteiger partial charge in [-0.1, -0.05) is 44.2 Å². The minimum Gasteiger partial charge on any atom is -0.333 e. The van der Waals surface area contributed by atoms with Gasteiger partial charge in [0.15, 0.2) is 5.79 Å². The van der Waals surface area contributed by atoms with Crippen LogP contribution in [0.5, 0.6) is 0 Å². The molecule has 6 nitrogen and oxygen atoms in total. The smallest absolute Gasteiger partial charge is 0.228 e. The van der Waals surface area contributed by atoms with Crippen LogP contribution in [-0.2, 0) is 0 Å². The highest BCUT2D eigenvalue weighted by Gasteiger charge is 2.33. The van der Waals surface area contributed by atoms with Gasteiger partial charge in [0.05, 0.1) is 11.7 Å². The Kier molecular flexibility index (Phi) is 3.91. The fourth-order valence-corrected chi connectivity index (χ4v) is 2.51. The number of aliphatic imine (C=N–C) groups is 2. The molecule has 0 fully saturated rings. The minimum atomic E-state index is -0.903. The lowest BCUT2D eigenvalue weighted by Gasteiger charge is -2.35. The summed E-state index contributed by atoms with van der Waals surface area (Å²) in [7, 11) is 0. The maximum atomic E-state index is 6.42. The van der Waals surface area contributed by atoms with E-state index >= 15 is 0 Å². The lowest BCUT2D eigenvalue weighted by atomic mass is 10.0. The van der Waals surface area contributed by atoms with Crippen molar-refractivity contribution in [3.05, 3.63) is 47.6 Å². The van der Waals surface area contributed by atoms with Crippen molar-refractivity contribution in [2.24, 2.45) is 21.6 Å². The molecule has 1 aliphatic heterocycles. The number of benzene rings is 1. The number of hydrogen-bond acceptors (Lipinski definition) is 7. The molecule has 7 heteroatoms. The molecule has 1 aromatic carbocycles. The topological polar surface area (TPSA) is 87.7 Å². The molecule has 0 saturated carbocycles. The number of anilines is 1. The number of hydrogen-bond donors (Lipinski definition) is 3. The van der Waals surface area contributed by atoms with Crippen molar-refractivity contribution in [3.8, 4) is 0 Å². The van der Waals surface area contributed by atoms with E-state index in [0.29, 0.717) is 11.8 Å². The first kappa shape index (κ1) is 14.7. The highest BCUT2D eigenvalue weighted by atomic mass is 32.1. The van der Waals surface area contributed by atoms with E-state index in [9.17, 15) is 0 Å². The Bertz CT molecular complexity index is 692. The van der Waals surface area contributed by atoms with E-state index in [0.717, 1.165) is 10.6 Å². The van der Waals surface area contributed by atoms with Crippen LogP contribution in [0.4, 0.5) is 5.00 Å². The van der Waals surface area contributed by atoms with E-state index in [1.807, 2.05) is 44.2 Å². The largest absolute Gasteiger partial charge is 0.333 e. The number of nitrogens with zero attached hydrogens (tertiary/aromatic N) is 3.